The van der Waals surface area contributed by atoms with E-state index in [1.54, 1.807) is 12.2 Å². The van der Waals surface area contributed by atoms with Gasteiger partial charge in [0, 0.05) is 4.91 Å². The molecule has 1 unspecified atom stereocenters. The summed E-state index contributed by atoms with van der Waals surface area (Å²) in [7, 11) is -9.89. The van der Waals surface area contributed by atoms with Gasteiger partial charge in [0.15, 0.2) is 9.84 Å². The quantitative estimate of drug-likeness (QED) is 0.501. The number of hydrogen-bond acceptors (Lipinski definition) is 7. The van der Waals surface area contributed by atoms with E-state index in [9.17, 15) is 25.3 Å². The van der Waals surface area contributed by atoms with Crippen LogP contribution >= 0.6 is 0 Å². The van der Waals surface area contributed by atoms with Gasteiger partial charge in [-0.2, -0.15) is 0 Å². The number of benzene rings is 2. The van der Waals surface area contributed by atoms with E-state index in [0.717, 1.165) is 5.57 Å². The third-order valence-corrected chi connectivity index (χ3v) is 12.0. The van der Waals surface area contributed by atoms with Crippen molar-refractivity contribution in [1.29, 1.82) is 0 Å². The van der Waals surface area contributed by atoms with Gasteiger partial charge in [-0.1, -0.05) is 23.8 Å². The molecule has 0 fully saturated rings. The van der Waals surface area contributed by atoms with Gasteiger partial charge in [-0.25, -0.2) is 25.3 Å². The average molecular weight is 547 g/mol. The van der Waals surface area contributed by atoms with Gasteiger partial charge in [-0.05, 0) is 86.9 Å². The van der Waals surface area contributed by atoms with Crippen LogP contribution in [0, 0.1) is 0 Å². The zero-order valence-electron chi connectivity index (χ0n) is 19.8. The van der Waals surface area contributed by atoms with Crippen molar-refractivity contribution in [3.63, 3.8) is 0 Å². The highest BCUT2D eigenvalue weighted by Crippen LogP contribution is 2.32. The Morgan fingerprint density at radius 2 is 1.33 bits per heavy atom. The van der Waals surface area contributed by atoms with Crippen LogP contribution in [-0.2, 0) is 29.5 Å². The zero-order valence-corrected chi connectivity index (χ0v) is 22.2. The SMILES string of the molecule is COc1ccc(S(=O)(=O)c2ccc(S(=O)(=O)C3C=CC(S(=O)(=O)C4=CC=C(C)CC4)=CC3)cc2)cc1. The van der Waals surface area contributed by atoms with Crippen molar-refractivity contribution in [3.8, 4) is 5.75 Å². The molecule has 2 aromatic carbocycles. The summed E-state index contributed by atoms with van der Waals surface area (Å²) in [5.74, 6) is 0.517. The van der Waals surface area contributed by atoms with Crippen molar-refractivity contribution >= 4 is 29.5 Å². The molecule has 2 aromatic rings. The van der Waals surface area contributed by atoms with Gasteiger partial charge in [-0.3, -0.25) is 0 Å². The predicted molar refractivity (Wildman–Crippen MR) is 138 cm³/mol. The molecule has 0 heterocycles. The Bertz CT molecular complexity index is 1610. The molecule has 10 heteroatoms. The molecule has 0 aromatic heterocycles. The van der Waals surface area contributed by atoms with Crippen molar-refractivity contribution < 1.29 is 30.0 Å². The zero-order chi connectivity index (χ0) is 26.1. The first-order chi connectivity index (χ1) is 17.0. The summed E-state index contributed by atoms with van der Waals surface area (Å²) in [5.41, 5.74) is 1.11. The highest BCUT2D eigenvalue weighted by molar-refractivity contribution is 7.99. The molecule has 7 nitrogen and oxygen atoms in total. The third kappa shape index (κ3) is 4.98. The largest absolute Gasteiger partial charge is 0.497 e. The highest BCUT2D eigenvalue weighted by atomic mass is 32.2. The molecule has 2 aliphatic carbocycles. The number of ether oxygens (including phenoxy) is 1. The number of rotatable bonds is 7. The van der Waals surface area contributed by atoms with Gasteiger partial charge >= 0.3 is 0 Å². The van der Waals surface area contributed by atoms with Crippen molar-refractivity contribution in [1.82, 2.24) is 0 Å². The van der Waals surface area contributed by atoms with Crippen LogP contribution in [0.5, 0.6) is 5.75 Å². The Labute approximate surface area is 212 Å². The normalized spacial score (nSPS) is 18.7. The van der Waals surface area contributed by atoms with Crippen molar-refractivity contribution in [3.05, 3.63) is 94.3 Å². The van der Waals surface area contributed by atoms with E-state index >= 15 is 0 Å². The molecule has 190 valence electrons. The fourth-order valence-corrected chi connectivity index (χ4v) is 8.24. The van der Waals surface area contributed by atoms with Crippen LogP contribution in [0.2, 0.25) is 0 Å². The minimum Gasteiger partial charge on any atom is -0.497 e. The van der Waals surface area contributed by atoms with Crippen LogP contribution in [-0.4, -0.2) is 37.6 Å². The van der Waals surface area contributed by atoms with Gasteiger partial charge in [0.1, 0.15) is 5.75 Å². The molecule has 0 radical (unpaired) electrons. The molecular weight excluding hydrogens is 520 g/mol. The van der Waals surface area contributed by atoms with E-state index < -0.39 is 34.8 Å². The second-order valence-corrected chi connectivity index (χ2v) is 14.7. The van der Waals surface area contributed by atoms with Gasteiger partial charge < -0.3 is 4.74 Å². The molecule has 2 aliphatic rings. The fraction of sp³-hybridized carbons (Fsp3) is 0.231. The third-order valence-electron chi connectivity index (χ3n) is 6.23. The molecule has 0 aliphatic heterocycles. The van der Waals surface area contributed by atoms with Gasteiger partial charge in [0.2, 0.25) is 19.7 Å². The topological polar surface area (TPSA) is 112 Å². The Kier molecular flexibility index (Phi) is 7.14. The van der Waals surface area contributed by atoms with Crippen LogP contribution in [0.1, 0.15) is 26.2 Å². The maximum Gasteiger partial charge on any atom is 0.206 e. The first-order valence-electron chi connectivity index (χ1n) is 11.2. The molecule has 0 bridgehead atoms. The Hall–Kier alpha value is -2.95. The molecule has 0 spiro atoms. The first-order valence-corrected chi connectivity index (χ1v) is 15.7. The summed E-state index contributed by atoms with van der Waals surface area (Å²) in [6, 6.07) is 11.0. The Morgan fingerprint density at radius 3 is 1.83 bits per heavy atom. The van der Waals surface area contributed by atoms with E-state index in [0.29, 0.717) is 23.5 Å². The summed E-state index contributed by atoms with van der Waals surface area (Å²) < 4.78 is 83.0. The average Bonchev–Trinajstić information content (AvgIpc) is 2.89. The standard InChI is InChI=1S/C26H26O7S3/c1-19-3-7-21(8-4-19)34(27,28)23-11-15-25(16-12-23)36(31,32)26-17-13-24(14-18-26)35(29,30)22-9-5-20(33-2)6-10-22/h3,5-7,9-15,17-18,25H,4,8,16H2,1-2H3. The minimum absolute atomic E-state index is 0.00143. The van der Waals surface area contributed by atoms with E-state index in [2.05, 4.69) is 0 Å². The second-order valence-electron chi connectivity index (χ2n) is 8.58. The molecule has 4 rings (SSSR count). The second kappa shape index (κ2) is 9.84. The van der Waals surface area contributed by atoms with Crippen molar-refractivity contribution in [2.45, 2.75) is 46.1 Å². The first kappa shape index (κ1) is 26.1. The van der Waals surface area contributed by atoms with Crippen molar-refractivity contribution in [2.24, 2.45) is 0 Å². The monoisotopic (exact) mass is 546 g/mol. The van der Waals surface area contributed by atoms with Crippen LogP contribution in [0.3, 0.4) is 0 Å². The summed E-state index contributed by atoms with van der Waals surface area (Å²) in [4.78, 5) is 0.394. The smallest absolute Gasteiger partial charge is 0.206 e. The van der Waals surface area contributed by atoms with Crippen LogP contribution in [0.4, 0.5) is 0 Å². The van der Waals surface area contributed by atoms with E-state index in [4.69, 9.17) is 4.74 Å². The fourth-order valence-electron chi connectivity index (χ4n) is 3.98. The lowest BCUT2D eigenvalue weighted by Crippen LogP contribution is -2.22. The summed E-state index contributed by atoms with van der Waals surface area (Å²) in [6.45, 7) is 1.94. The molecule has 36 heavy (non-hydrogen) atoms. The molecular formula is C26H26O7S3. The van der Waals surface area contributed by atoms with Gasteiger partial charge in [0.25, 0.3) is 0 Å². The highest BCUT2D eigenvalue weighted by Gasteiger charge is 2.30. The minimum atomic E-state index is -3.86. The van der Waals surface area contributed by atoms with E-state index in [-0.39, 0.29) is 26.0 Å². The molecule has 1 atom stereocenters. The van der Waals surface area contributed by atoms with E-state index in [1.807, 2.05) is 6.92 Å². The molecule has 0 amide bonds. The maximum atomic E-state index is 13.2. The summed E-state index contributed by atoms with van der Waals surface area (Å²) in [6.07, 6.45) is 8.65. The lowest BCUT2D eigenvalue weighted by Gasteiger charge is -2.19. The van der Waals surface area contributed by atoms with E-state index in [1.165, 1.54) is 73.9 Å². The number of hydrogen-bond donors (Lipinski definition) is 0. The van der Waals surface area contributed by atoms with Crippen LogP contribution < -0.4 is 4.74 Å². The number of methoxy groups -OCH3 is 1. The van der Waals surface area contributed by atoms with Gasteiger partial charge in [-0.15, -0.1) is 0 Å². The van der Waals surface area contributed by atoms with Gasteiger partial charge in [0.05, 0.1) is 32.0 Å². The lowest BCUT2D eigenvalue weighted by molar-refractivity contribution is 0.414. The van der Waals surface area contributed by atoms with Crippen LogP contribution in [0.15, 0.2) is 109 Å². The lowest BCUT2D eigenvalue weighted by atomic mass is 10.1. The molecule has 0 N–H and O–H groups in total. The van der Waals surface area contributed by atoms with Crippen LogP contribution in [0.25, 0.3) is 0 Å². The maximum absolute atomic E-state index is 13.2. The summed E-state index contributed by atoms with van der Waals surface area (Å²) in [5, 5.41) is -0.956. The number of sulfone groups is 3. The van der Waals surface area contributed by atoms with Crippen molar-refractivity contribution in [2.75, 3.05) is 7.11 Å². The molecule has 0 saturated carbocycles. The molecule has 0 saturated heterocycles. The Balaban J connectivity index is 1.53. The summed E-state index contributed by atoms with van der Waals surface area (Å²) >= 11 is 0. The number of allylic oxidation sites excluding steroid dienone is 6. The Morgan fingerprint density at radius 1 is 0.750 bits per heavy atom. The predicted octanol–water partition coefficient (Wildman–Crippen LogP) is 4.55.